The van der Waals surface area contributed by atoms with Crippen LogP contribution in [0.3, 0.4) is 0 Å². The lowest BCUT2D eigenvalue weighted by Crippen LogP contribution is -2.21. The van der Waals surface area contributed by atoms with Crippen LogP contribution < -0.4 is 10.3 Å². The van der Waals surface area contributed by atoms with Crippen molar-refractivity contribution in [1.29, 1.82) is 0 Å². The first kappa shape index (κ1) is 11.8. The first-order valence-electron chi connectivity index (χ1n) is 5.30. The van der Waals surface area contributed by atoms with Crippen molar-refractivity contribution in [2.24, 2.45) is 0 Å². The molecule has 90 valence electrons. The summed E-state index contributed by atoms with van der Waals surface area (Å²) in [6.45, 7) is 2.67. The van der Waals surface area contributed by atoms with Crippen LogP contribution in [0.4, 0.5) is 0 Å². The maximum atomic E-state index is 11.5. The molecule has 5 heteroatoms. The number of nitrogens with zero attached hydrogens (tertiary/aromatic N) is 1. The van der Waals surface area contributed by atoms with Gasteiger partial charge in [-0.25, -0.2) is 4.68 Å². The molecule has 0 aliphatic rings. The number of ether oxygens (including phenoxy) is 1. The number of H-pyrrole nitrogens is 1. The topological polar surface area (TPSA) is 47.0 Å². The molecule has 0 saturated heterocycles. The molecule has 0 bridgehead atoms. The molecule has 0 unspecified atom stereocenters. The maximum absolute atomic E-state index is 11.5. The van der Waals surface area contributed by atoms with Gasteiger partial charge in [0.25, 0.3) is 5.56 Å². The number of hydrogen-bond donors (Lipinski definition) is 1. The van der Waals surface area contributed by atoms with Crippen LogP contribution in [0.1, 0.15) is 5.56 Å². The predicted octanol–water partition coefficient (Wildman–Crippen LogP) is 2.22. The van der Waals surface area contributed by atoms with Gasteiger partial charge in [-0.1, -0.05) is 17.7 Å². The lowest BCUT2D eigenvalue weighted by Gasteiger charge is -2.06. The molecule has 4 nitrogen and oxygen atoms in total. The number of rotatable bonds is 4. The number of halogens is 1. The van der Waals surface area contributed by atoms with Crippen LogP contribution in [-0.2, 0) is 6.54 Å². The van der Waals surface area contributed by atoms with Gasteiger partial charge in [-0.05, 0) is 25.1 Å². The molecular weight excluding hydrogens is 240 g/mol. The Morgan fingerprint density at radius 1 is 1.47 bits per heavy atom. The van der Waals surface area contributed by atoms with Gasteiger partial charge in [-0.2, -0.15) is 0 Å². The fraction of sp³-hybridized carbons (Fsp3) is 0.250. The normalized spacial score (nSPS) is 10.5. The standard InChI is InChI=1S/C12H13ClN2O2/c1-9-8-14-15(12(9)16)5-6-17-11-4-2-3-10(13)7-11/h2-4,7-8,14H,5-6H2,1H3. The van der Waals surface area contributed by atoms with Gasteiger partial charge in [0.2, 0.25) is 0 Å². The maximum Gasteiger partial charge on any atom is 0.269 e. The first-order chi connectivity index (χ1) is 8.16. The number of hydrogen-bond acceptors (Lipinski definition) is 2. The number of aromatic amines is 1. The van der Waals surface area contributed by atoms with Gasteiger partial charge in [-0.3, -0.25) is 4.79 Å². The van der Waals surface area contributed by atoms with E-state index in [9.17, 15) is 4.79 Å². The lowest BCUT2D eigenvalue weighted by atomic mass is 10.3. The van der Waals surface area contributed by atoms with Crippen LogP contribution in [0.5, 0.6) is 5.75 Å². The van der Waals surface area contributed by atoms with Crippen molar-refractivity contribution in [3.05, 3.63) is 51.4 Å². The van der Waals surface area contributed by atoms with E-state index in [2.05, 4.69) is 5.10 Å². The van der Waals surface area contributed by atoms with E-state index in [4.69, 9.17) is 16.3 Å². The van der Waals surface area contributed by atoms with Crippen LogP contribution in [0.25, 0.3) is 0 Å². The van der Waals surface area contributed by atoms with Crippen molar-refractivity contribution in [2.45, 2.75) is 13.5 Å². The van der Waals surface area contributed by atoms with Crippen molar-refractivity contribution in [1.82, 2.24) is 9.78 Å². The zero-order valence-electron chi connectivity index (χ0n) is 9.44. The second-order valence-electron chi connectivity index (χ2n) is 3.72. The van der Waals surface area contributed by atoms with Crippen molar-refractivity contribution in [2.75, 3.05) is 6.61 Å². The Hall–Kier alpha value is -1.68. The Bertz CT molecular complexity index is 560. The van der Waals surface area contributed by atoms with E-state index in [1.807, 2.05) is 12.1 Å². The minimum absolute atomic E-state index is 0.0142. The van der Waals surface area contributed by atoms with E-state index in [1.54, 1.807) is 25.3 Å². The van der Waals surface area contributed by atoms with Gasteiger partial charge < -0.3 is 9.84 Å². The highest BCUT2D eigenvalue weighted by molar-refractivity contribution is 6.30. The Morgan fingerprint density at radius 2 is 2.29 bits per heavy atom. The number of nitrogens with one attached hydrogen (secondary N) is 1. The third kappa shape index (κ3) is 2.91. The molecule has 0 radical (unpaired) electrons. The first-order valence-corrected chi connectivity index (χ1v) is 5.68. The molecule has 1 heterocycles. The average Bonchev–Trinajstić information content (AvgIpc) is 2.61. The summed E-state index contributed by atoms with van der Waals surface area (Å²) in [6, 6.07) is 7.18. The largest absolute Gasteiger partial charge is 0.492 e. The number of aryl methyl sites for hydroxylation is 1. The summed E-state index contributed by atoms with van der Waals surface area (Å²) in [5.74, 6) is 0.703. The molecule has 2 rings (SSSR count). The molecular formula is C12H13ClN2O2. The van der Waals surface area contributed by atoms with E-state index in [-0.39, 0.29) is 5.56 Å². The van der Waals surface area contributed by atoms with E-state index < -0.39 is 0 Å². The fourth-order valence-corrected chi connectivity index (χ4v) is 1.67. The van der Waals surface area contributed by atoms with Gasteiger partial charge in [0.1, 0.15) is 12.4 Å². The van der Waals surface area contributed by atoms with Gasteiger partial charge in [0.15, 0.2) is 0 Å². The van der Waals surface area contributed by atoms with Crippen LogP contribution >= 0.6 is 11.6 Å². The van der Waals surface area contributed by atoms with Crippen LogP contribution in [0, 0.1) is 6.92 Å². The minimum atomic E-state index is -0.0142. The smallest absolute Gasteiger partial charge is 0.269 e. The summed E-state index contributed by atoms with van der Waals surface area (Å²) in [5, 5.41) is 3.50. The molecule has 0 aliphatic heterocycles. The molecule has 0 aliphatic carbocycles. The highest BCUT2D eigenvalue weighted by Gasteiger charge is 2.01. The predicted molar refractivity (Wildman–Crippen MR) is 66.7 cm³/mol. The van der Waals surface area contributed by atoms with Gasteiger partial charge in [0, 0.05) is 16.8 Å². The summed E-state index contributed by atoms with van der Waals surface area (Å²) in [7, 11) is 0. The fourth-order valence-electron chi connectivity index (χ4n) is 1.49. The van der Waals surface area contributed by atoms with E-state index >= 15 is 0 Å². The molecule has 1 N–H and O–H groups in total. The summed E-state index contributed by atoms with van der Waals surface area (Å²) >= 11 is 5.83. The molecule has 1 aromatic carbocycles. The van der Waals surface area contributed by atoms with Crippen molar-refractivity contribution in [3.63, 3.8) is 0 Å². The quantitative estimate of drug-likeness (QED) is 0.907. The van der Waals surface area contributed by atoms with Crippen molar-refractivity contribution in [3.8, 4) is 5.75 Å². The molecule has 0 saturated carbocycles. The zero-order chi connectivity index (χ0) is 12.3. The Morgan fingerprint density at radius 3 is 2.94 bits per heavy atom. The van der Waals surface area contributed by atoms with Gasteiger partial charge in [-0.15, -0.1) is 0 Å². The third-order valence-electron chi connectivity index (χ3n) is 2.40. The number of benzene rings is 1. The van der Waals surface area contributed by atoms with E-state index in [0.717, 1.165) is 0 Å². The van der Waals surface area contributed by atoms with Gasteiger partial charge in [0.05, 0.1) is 6.54 Å². The lowest BCUT2D eigenvalue weighted by molar-refractivity contribution is 0.289. The Kier molecular flexibility index (Phi) is 3.54. The molecule has 0 amide bonds. The highest BCUT2D eigenvalue weighted by Crippen LogP contribution is 2.16. The minimum Gasteiger partial charge on any atom is -0.492 e. The second kappa shape index (κ2) is 5.10. The summed E-state index contributed by atoms with van der Waals surface area (Å²) < 4.78 is 7.00. The molecule has 0 fully saturated rings. The monoisotopic (exact) mass is 252 g/mol. The second-order valence-corrected chi connectivity index (χ2v) is 4.16. The highest BCUT2D eigenvalue weighted by atomic mass is 35.5. The summed E-state index contributed by atoms with van der Waals surface area (Å²) in [6.07, 6.45) is 1.68. The van der Waals surface area contributed by atoms with Crippen molar-refractivity contribution >= 4 is 11.6 Å². The molecule has 0 atom stereocenters. The molecule has 2 aromatic rings. The summed E-state index contributed by atoms with van der Waals surface area (Å²) in [5.41, 5.74) is 0.687. The SMILES string of the molecule is Cc1c[nH]n(CCOc2cccc(Cl)c2)c1=O. The van der Waals surface area contributed by atoms with E-state index in [0.29, 0.717) is 29.5 Å². The van der Waals surface area contributed by atoms with Crippen LogP contribution in [-0.4, -0.2) is 16.4 Å². The van der Waals surface area contributed by atoms with Crippen LogP contribution in [0.2, 0.25) is 5.02 Å². The summed E-state index contributed by atoms with van der Waals surface area (Å²) in [4.78, 5) is 11.5. The average molecular weight is 253 g/mol. The molecule has 0 spiro atoms. The molecule has 17 heavy (non-hydrogen) atoms. The van der Waals surface area contributed by atoms with Gasteiger partial charge >= 0.3 is 0 Å². The Balaban J connectivity index is 1.92. The van der Waals surface area contributed by atoms with Crippen LogP contribution in [0.15, 0.2) is 35.3 Å². The zero-order valence-corrected chi connectivity index (χ0v) is 10.2. The third-order valence-corrected chi connectivity index (χ3v) is 2.63. The van der Waals surface area contributed by atoms with E-state index in [1.165, 1.54) is 4.68 Å². The van der Waals surface area contributed by atoms with Crippen molar-refractivity contribution < 1.29 is 4.74 Å². The number of aromatic nitrogens is 2. The molecule has 1 aromatic heterocycles. The Labute approximate surface area is 104 Å².